The molecule has 0 saturated carbocycles. The first-order valence-electron chi connectivity index (χ1n) is 5.77. The van der Waals surface area contributed by atoms with Gasteiger partial charge in [-0.3, -0.25) is 0 Å². The molecule has 1 aromatic rings. The van der Waals surface area contributed by atoms with Gasteiger partial charge in [-0.15, -0.1) is 5.26 Å². The SMILES string of the molecule is CC.C\C=C/C=c1/cccc(OC#N)/c1=C/C. The van der Waals surface area contributed by atoms with Crippen molar-refractivity contribution in [3.05, 3.63) is 40.8 Å². The summed E-state index contributed by atoms with van der Waals surface area (Å²) in [5.41, 5.74) is 0. The minimum Gasteiger partial charge on any atom is -0.387 e. The molecule has 0 N–H and O–H groups in total. The fourth-order valence-electron chi connectivity index (χ4n) is 1.35. The largest absolute Gasteiger partial charge is 0.387 e. The van der Waals surface area contributed by atoms with Crippen molar-refractivity contribution in [2.75, 3.05) is 0 Å². The lowest BCUT2D eigenvalue weighted by molar-refractivity contribution is 0.502. The summed E-state index contributed by atoms with van der Waals surface area (Å²) in [6.45, 7) is 7.88. The first-order valence-corrected chi connectivity index (χ1v) is 5.77. The Morgan fingerprint density at radius 3 is 2.47 bits per heavy atom. The highest BCUT2D eigenvalue weighted by atomic mass is 16.5. The number of rotatable bonds is 2. The molecule has 0 fully saturated rings. The maximum Gasteiger partial charge on any atom is 0.292 e. The maximum absolute atomic E-state index is 8.50. The van der Waals surface area contributed by atoms with Crippen LogP contribution in [0, 0.1) is 11.5 Å². The van der Waals surface area contributed by atoms with Crippen molar-refractivity contribution in [3.8, 4) is 12.0 Å². The van der Waals surface area contributed by atoms with Gasteiger partial charge in [0.15, 0.2) is 0 Å². The molecule has 0 aliphatic rings. The molecule has 0 radical (unpaired) electrons. The molecular formula is C15H19NO. The summed E-state index contributed by atoms with van der Waals surface area (Å²) in [6.07, 6.45) is 9.52. The number of nitrogens with zero attached hydrogens (tertiary/aromatic N) is 1. The van der Waals surface area contributed by atoms with Gasteiger partial charge in [-0.25, -0.2) is 0 Å². The molecule has 0 aliphatic carbocycles. The second-order valence-corrected chi connectivity index (χ2v) is 2.93. The van der Waals surface area contributed by atoms with Crippen LogP contribution in [0.4, 0.5) is 0 Å². The summed E-state index contributed by atoms with van der Waals surface area (Å²) in [5.74, 6) is 0.596. The van der Waals surface area contributed by atoms with Crippen LogP contribution in [0.5, 0.6) is 5.75 Å². The molecule has 2 nitrogen and oxygen atoms in total. The lowest BCUT2D eigenvalue weighted by atomic mass is 10.2. The van der Waals surface area contributed by atoms with Crippen molar-refractivity contribution in [2.24, 2.45) is 0 Å². The Morgan fingerprint density at radius 2 is 1.94 bits per heavy atom. The van der Waals surface area contributed by atoms with E-state index in [1.54, 1.807) is 12.3 Å². The molecule has 90 valence electrons. The van der Waals surface area contributed by atoms with E-state index in [2.05, 4.69) is 0 Å². The molecule has 0 aromatic heterocycles. The van der Waals surface area contributed by atoms with Gasteiger partial charge in [0.05, 0.1) is 0 Å². The normalized spacial score (nSPS) is 11.9. The van der Waals surface area contributed by atoms with E-state index in [9.17, 15) is 0 Å². The summed E-state index contributed by atoms with van der Waals surface area (Å²) in [6, 6.07) is 5.64. The van der Waals surface area contributed by atoms with Gasteiger partial charge < -0.3 is 4.74 Å². The molecule has 2 heteroatoms. The van der Waals surface area contributed by atoms with Crippen LogP contribution < -0.4 is 15.2 Å². The Kier molecular flexibility index (Phi) is 8.14. The van der Waals surface area contributed by atoms with E-state index >= 15 is 0 Å². The summed E-state index contributed by atoms with van der Waals surface area (Å²) < 4.78 is 4.88. The molecule has 0 aliphatic heterocycles. The molecule has 1 aromatic carbocycles. The van der Waals surface area contributed by atoms with E-state index in [-0.39, 0.29) is 0 Å². The molecule has 0 heterocycles. The van der Waals surface area contributed by atoms with Crippen LogP contribution in [0.15, 0.2) is 30.4 Å². The van der Waals surface area contributed by atoms with E-state index in [0.717, 1.165) is 10.4 Å². The molecule has 0 spiro atoms. The lowest BCUT2D eigenvalue weighted by Crippen LogP contribution is -2.25. The lowest BCUT2D eigenvalue weighted by Gasteiger charge is -1.97. The van der Waals surface area contributed by atoms with E-state index in [1.165, 1.54) is 0 Å². The first kappa shape index (κ1) is 15.0. The average molecular weight is 229 g/mol. The van der Waals surface area contributed by atoms with Crippen LogP contribution in [0.3, 0.4) is 0 Å². The first-order chi connectivity index (χ1) is 8.33. The maximum atomic E-state index is 8.50. The third-order valence-corrected chi connectivity index (χ3v) is 2.01. The zero-order chi connectivity index (χ0) is 13.1. The van der Waals surface area contributed by atoms with Crippen LogP contribution in [-0.4, -0.2) is 0 Å². The number of ether oxygens (including phenoxy) is 1. The summed E-state index contributed by atoms with van der Waals surface area (Å²) >= 11 is 0. The van der Waals surface area contributed by atoms with E-state index in [1.807, 2.05) is 64.1 Å². The summed E-state index contributed by atoms with van der Waals surface area (Å²) in [5, 5.41) is 10.5. The van der Waals surface area contributed by atoms with Crippen LogP contribution in [0.1, 0.15) is 27.7 Å². The Hall–Kier alpha value is -2.01. The molecule has 1 rings (SSSR count). The Labute approximate surface area is 103 Å². The van der Waals surface area contributed by atoms with Gasteiger partial charge in [-0.05, 0) is 25.1 Å². The van der Waals surface area contributed by atoms with Crippen LogP contribution >= 0.6 is 0 Å². The molecule has 0 saturated heterocycles. The molecule has 0 bridgehead atoms. The highest BCUT2D eigenvalue weighted by Gasteiger charge is 1.95. The number of benzene rings is 1. The highest BCUT2D eigenvalue weighted by molar-refractivity contribution is 5.43. The fourth-order valence-corrected chi connectivity index (χ4v) is 1.35. The van der Waals surface area contributed by atoms with Crippen LogP contribution in [-0.2, 0) is 0 Å². The second-order valence-electron chi connectivity index (χ2n) is 2.93. The summed E-state index contributed by atoms with van der Waals surface area (Å²) in [7, 11) is 0. The van der Waals surface area contributed by atoms with Crippen molar-refractivity contribution in [2.45, 2.75) is 27.7 Å². The van der Waals surface area contributed by atoms with Crippen molar-refractivity contribution < 1.29 is 4.74 Å². The number of hydrogen-bond acceptors (Lipinski definition) is 2. The van der Waals surface area contributed by atoms with Crippen molar-refractivity contribution in [1.82, 2.24) is 0 Å². The van der Waals surface area contributed by atoms with Gasteiger partial charge in [0.25, 0.3) is 6.26 Å². The zero-order valence-electron chi connectivity index (χ0n) is 10.9. The molecular weight excluding hydrogens is 210 g/mol. The summed E-state index contributed by atoms with van der Waals surface area (Å²) in [4.78, 5) is 0. The van der Waals surface area contributed by atoms with Crippen LogP contribution in [0.25, 0.3) is 12.2 Å². The van der Waals surface area contributed by atoms with E-state index < -0.39 is 0 Å². The van der Waals surface area contributed by atoms with Crippen molar-refractivity contribution in [3.63, 3.8) is 0 Å². The minimum atomic E-state index is 0.596. The third kappa shape index (κ3) is 4.56. The Morgan fingerprint density at radius 1 is 1.24 bits per heavy atom. The quantitative estimate of drug-likeness (QED) is 0.730. The van der Waals surface area contributed by atoms with Gasteiger partial charge >= 0.3 is 0 Å². The smallest absolute Gasteiger partial charge is 0.292 e. The molecule has 0 unspecified atom stereocenters. The third-order valence-electron chi connectivity index (χ3n) is 2.01. The molecule has 17 heavy (non-hydrogen) atoms. The van der Waals surface area contributed by atoms with Gasteiger partial charge in [-0.2, -0.15) is 0 Å². The monoisotopic (exact) mass is 229 g/mol. The molecule has 0 atom stereocenters. The predicted molar refractivity (Wildman–Crippen MR) is 72.7 cm³/mol. The average Bonchev–Trinajstić information content (AvgIpc) is 2.39. The number of hydrogen-bond donors (Lipinski definition) is 0. The standard InChI is InChI=1S/C13H13NO.C2H6/c1-3-5-7-11-8-6-9-13(15-10-14)12(11)4-2;1-2/h3-9H,1-2H3;1-2H3/b5-3-,11-7-,12-4+;. The number of nitriles is 1. The fraction of sp³-hybridized carbons (Fsp3) is 0.267. The Bertz CT molecular complexity index is 507. The molecule has 0 amide bonds. The van der Waals surface area contributed by atoms with E-state index in [0.29, 0.717) is 5.75 Å². The highest BCUT2D eigenvalue weighted by Crippen LogP contribution is 1.98. The predicted octanol–water partition coefficient (Wildman–Crippen LogP) is 2.73. The van der Waals surface area contributed by atoms with Gasteiger partial charge in [0.1, 0.15) is 5.75 Å². The van der Waals surface area contributed by atoms with Gasteiger partial charge in [-0.1, -0.05) is 50.3 Å². The second kappa shape index (κ2) is 9.23. The zero-order valence-corrected chi connectivity index (χ0v) is 10.9. The van der Waals surface area contributed by atoms with E-state index in [4.69, 9.17) is 10.00 Å². The number of allylic oxidation sites excluding steroid dienone is 2. The van der Waals surface area contributed by atoms with Crippen molar-refractivity contribution in [1.29, 1.82) is 5.26 Å². The Balaban J connectivity index is 0.00000121. The topological polar surface area (TPSA) is 33.0 Å². The van der Waals surface area contributed by atoms with Crippen LogP contribution in [0.2, 0.25) is 0 Å². The van der Waals surface area contributed by atoms with Crippen molar-refractivity contribution >= 4 is 12.2 Å². The van der Waals surface area contributed by atoms with Gasteiger partial charge in [0, 0.05) is 5.22 Å². The van der Waals surface area contributed by atoms with Gasteiger partial charge in [0.2, 0.25) is 0 Å². The minimum absolute atomic E-state index is 0.596.